The largest absolute Gasteiger partial charge is 1.00 e. The Morgan fingerprint density at radius 2 is 1.81 bits per heavy atom. The van der Waals surface area contributed by atoms with Crippen molar-refractivity contribution in [1.29, 1.82) is 0 Å². The molecule has 2 nitrogen and oxygen atoms in total. The molecule has 0 bridgehead atoms. The minimum absolute atomic E-state index is 0. The fraction of sp³-hybridized carbons (Fsp3) is 0.214. The summed E-state index contributed by atoms with van der Waals surface area (Å²) in [6.07, 6.45) is 2.10. The number of aryl methyl sites for hydroxylation is 2. The van der Waals surface area contributed by atoms with E-state index in [1.165, 1.54) is 6.20 Å². The van der Waals surface area contributed by atoms with Gasteiger partial charge in [-0.1, -0.05) is 29.2 Å². The van der Waals surface area contributed by atoms with Gasteiger partial charge in [0.1, 0.15) is 12.4 Å². The van der Waals surface area contributed by atoms with E-state index >= 15 is 0 Å². The van der Waals surface area contributed by atoms with Crippen molar-refractivity contribution in [3.8, 4) is 5.75 Å². The predicted octanol–water partition coefficient (Wildman–Crippen LogP) is 0.336. The maximum Gasteiger partial charge on any atom is 1.00 e. The average Bonchev–Trinajstić information content (AvgIpc) is 2.39. The zero-order valence-corrected chi connectivity index (χ0v) is 15.4. The predicted molar refractivity (Wildman–Crippen MR) is 73.2 cm³/mol. The van der Waals surface area contributed by atoms with Crippen molar-refractivity contribution >= 4 is 12.4 Å². The molecular weight excluding hydrogens is 305 g/mol. The molecule has 0 aliphatic heterocycles. The van der Waals surface area contributed by atoms with E-state index in [-0.39, 0.29) is 63.7 Å². The molecule has 0 aliphatic carbocycles. The van der Waals surface area contributed by atoms with Gasteiger partial charge in [0.15, 0.2) is 0 Å². The molecule has 0 saturated carbocycles. The first kappa shape index (κ1) is 18.7. The van der Waals surface area contributed by atoms with Gasteiger partial charge in [-0.2, -0.15) is 0 Å². The Labute approximate surface area is 164 Å². The first-order valence-corrected chi connectivity index (χ1v) is 6.20. The second kappa shape index (κ2) is 7.78. The third kappa shape index (κ3) is 5.41. The zero-order chi connectivity index (χ0) is 14.8. The Morgan fingerprint density at radius 1 is 1.10 bits per heavy atom. The Bertz CT molecular complexity index is 619. The van der Waals surface area contributed by atoms with Crippen LogP contribution >= 0.6 is 0 Å². The maximum atomic E-state index is 12.6. The second-order valence-electron chi connectivity index (χ2n) is 4.75. The van der Waals surface area contributed by atoms with Gasteiger partial charge >= 0.3 is 58.4 Å². The number of hydrogen-bond acceptors (Lipinski definition) is 2. The molecule has 0 aliphatic rings. The quantitative estimate of drug-likeness (QED) is 0.758. The van der Waals surface area contributed by atoms with Crippen LogP contribution in [0.15, 0.2) is 36.7 Å². The van der Waals surface area contributed by atoms with Crippen LogP contribution in [0.4, 0.5) is 12.9 Å². The van der Waals surface area contributed by atoms with E-state index in [1.54, 1.807) is 0 Å². The van der Waals surface area contributed by atoms with Crippen LogP contribution in [0.2, 0.25) is 0 Å². The summed E-state index contributed by atoms with van der Waals surface area (Å²) in [5.74, 6) is 0.127. The topological polar surface area (TPSA) is 22.1 Å². The number of nitrogens with zero attached hydrogens (tertiary/aromatic N) is 1. The van der Waals surface area contributed by atoms with Crippen LogP contribution in [-0.4, -0.2) is 12.0 Å². The Morgan fingerprint density at radius 3 is 2.48 bits per heavy atom. The van der Waals surface area contributed by atoms with Crippen LogP contribution in [0.1, 0.15) is 16.7 Å². The van der Waals surface area contributed by atoms with Crippen molar-refractivity contribution in [2.24, 2.45) is 0 Å². The van der Waals surface area contributed by atoms with Crippen molar-refractivity contribution in [1.82, 2.24) is 4.98 Å². The molecule has 0 spiro atoms. The van der Waals surface area contributed by atoms with Crippen LogP contribution in [0, 0.1) is 13.8 Å². The van der Waals surface area contributed by atoms with Crippen LogP contribution in [0.5, 0.6) is 5.75 Å². The second-order valence-corrected chi connectivity index (χ2v) is 4.75. The molecule has 1 heterocycles. The smallest absolute Gasteiger partial charge is 0.487 e. The summed E-state index contributed by atoms with van der Waals surface area (Å²) in [6.45, 7) is -0.935. The van der Waals surface area contributed by atoms with Gasteiger partial charge in [0.2, 0.25) is 0 Å². The number of aromatic nitrogens is 1. The fourth-order valence-electron chi connectivity index (χ4n) is 1.81. The molecule has 0 radical (unpaired) electrons. The first-order valence-electron chi connectivity index (χ1n) is 6.20. The maximum absolute atomic E-state index is 12.6. The molecule has 0 fully saturated rings. The van der Waals surface area contributed by atoms with Crippen LogP contribution in [0.25, 0.3) is 0 Å². The summed E-state index contributed by atoms with van der Waals surface area (Å²) < 4.78 is 43.3. The van der Waals surface area contributed by atoms with E-state index in [1.807, 2.05) is 32.0 Å². The molecule has 0 saturated heterocycles. The Kier molecular flexibility index (Phi) is 6.93. The van der Waals surface area contributed by atoms with Gasteiger partial charge in [-0.15, -0.1) is 0 Å². The van der Waals surface area contributed by atoms with Crippen molar-refractivity contribution < 1.29 is 69.1 Å². The summed E-state index contributed by atoms with van der Waals surface area (Å²) in [4.78, 5) is 3.57. The van der Waals surface area contributed by atoms with E-state index in [0.29, 0.717) is 0 Å². The van der Waals surface area contributed by atoms with Crippen molar-refractivity contribution in [2.45, 2.75) is 20.5 Å². The first-order chi connectivity index (χ1) is 9.36. The number of pyridine rings is 1. The molecule has 1 aromatic heterocycles. The normalized spacial score (nSPS) is 10.9. The summed E-state index contributed by atoms with van der Waals surface area (Å²) in [5, 5.41) is 0. The third-order valence-corrected chi connectivity index (χ3v) is 3.01. The van der Waals surface area contributed by atoms with Crippen molar-refractivity contribution in [2.75, 3.05) is 0 Å². The molecule has 0 atom stereocenters. The molecule has 0 amide bonds. The number of hydrogen-bond donors (Lipinski definition) is 0. The SMILES string of the molecule is Cc1ccc(C)c(COc2cncc([B-](F)(F)F)c2)c1.[K+]. The molecule has 0 unspecified atom stereocenters. The molecule has 106 valence electrons. The third-order valence-electron chi connectivity index (χ3n) is 3.01. The van der Waals surface area contributed by atoms with E-state index in [0.717, 1.165) is 29.0 Å². The molecule has 2 rings (SSSR count). The fourth-order valence-corrected chi connectivity index (χ4v) is 1.81. The van der Waals surface area contributed by atoms with Gasteiger partial charge in [0, 0.05) is 6.20 Å². The van der Waals surface area contributed by atoms with Crippen molar-refractivity contribution in [3.63, 3.8) is 0 Å². The summed E-state index contributed by atoms with van der Waals surface area (Å²) in [7, 11) is 0. The summed E-state index contributed by atoms with van der Waals surface area (Å²) >= 11 is 0. The number of halogens is 3. The van der Waals surface area contributed by atoms with Gasteiger partial charge in [-0.25, -0.2) is 0 Å². The van der Waals surface area contributed by atoms with Crippen molar-refractivity contribution in [3.05, 3.63) is 53.3 Å². The van der Waals surface area contributed by atoms with Gasteiger partial charge in [0.05, 0.1) is 6.20 Å². The van der Waals surface area contributed by atoms with Gasteiger partial charge < -0.3 is 17.7 Å². The zero-order valence-electron chi connectivity index (χ0n) is 12.2. The van der Waals surface area contributed by atoms with Gasteiger partial charge in [-0.05, 0) is 31.0 Å². The summed E-state index contributed by atoms with van der Waals surface area (Å²) in [5.41, 5.74) is 2.33. The number of benzene rings is 1. The standard InChI is InChI=1S/C14H14BF3NO.K/c1-10-3-4-11(2)12(5-10)9-20-14-6-13(7-19-8-14)15(16,17)18;/h3-8H,9H2,1-2H3;/q-1;+1. The molecule has 2 aromatic rings. The van der Waals surface area contributed by atoms with E-state index < -0.39 is 12.4 Å². The van der Waals surface area contributed by atoms with Crippen LogP contribution in [-0.2, 0) is 6.61 Å². The number of rotatable bonds is 4. The average molecular weight is 319 g/mol. The summed E-state index contributed by atoms with van der Waals surface area (Å²) in [6, 6.07) is 6.88. The van der Waals surface area contributed by atoms with Crippen LogP contribution in [0.3, 0.4) is 0 Å². The molecular formula is C14H14BF3KNO. The molecule has 1 aromatic carbocycles. The van der Waals surface area contributed by atoms with E-state index in [4.69, 9.17) is 4.74 Å². The molecule has 7 heteroatoms. The molecule has 21 heavy (non-hydrogen) atoms. The Balaban J connectivity index is 0.00000220. The van der Waals surface area contributed by atoms with Crippen LogP contribution < -0.4 is 61.6 Å². The van der Waals surface area contributed by atoms with Gasteiger partial charge in [-0.3, -0.25) is 4.98 Å². The minimum Gasteiger partial charge on any atom is -0.487 e. The van der Waals surface area contributed by atoms with Gasteiger partial charge in [0.25, 0.3) is 0 Å². The minimum atomic E-state index is -5.05. The molecule has 0 N–H and O–H groups in total. The van der Waals surface area contributed by atoms with E-state index in [2.05, 4.69) is 4.98 Å². The monoisotopic (exact) mass is 319 g/mol. The number of ether oxygens (including phenoxy) is 1. The van der Waals surface area contributed by atoms with E-state index in [9.17, 15) is 12.9 Å². The Hall–Kier alpha value is -0.339.